The van der Waals surface area contributed by atoms with Gasteiger partial charge in [0.05, 0.1) is 16.0 Å². The highest BCUT2D eigenvalue weighted by Gasteiger charge is 2.31. The Morgan fingerprint density at radius 1 is 1.37 bits per heavy atom. The molecule has 1 saturated heterocycles. The number of thiocarbonyl (C=S) groups is 1. The van der Waals surface area contributed by atoms with Gasteiger partial charge in [-0.1, -0.05) is 30.4 Å². The minimum absolute atomic E-state index is 0.0166. The highest BCUT2D eigenvalue weighted by Crippen LogP contribution is 2.38. The number of carbonyl (C=O) groups is 2. The van der Waals surface area contributed by atoms with Crippen LogP contribution in [0.25, 0.3) is 6.08 Å². The lowest BCUT2D eigenvalue weighted by molar-refractivity contribution is -0.137. The molecule has 0 bridgehead atoms. The first-order valence-electron chi connectivity index (χ1n) is 8.46. The van der Waals surface area contributed by atoms with Crippen LogP contribution in [-0.2, 0) is 9.59 Å². The maximum Gasteiger partial charge on any atom is 0.303 e. The molecule has 1 aromatic rings. The summed E-state index contributed by atoms with van der Waals surface area (Å²) in [5.74, 6) is -0.615. The van der Waals surface area contributed by atoms with Crippen molar-refractivity contribution in [2.75, 3.05) is 13.2 Å². The minimum atomic E-state index is -0.810. The average Bonchev–Trinajstić information content (AvgIpc) is 2.86. The normalized spacial score (nSPS) is 15.6. The van der Waals surface area contributed by atoms with Gasteiger partial charge in [0.2, 0.25) is 0 Å². The molecule has 1 aliphatic rings. The van der Waals surface area contributed by atoms with Gasteiger partial charge in [-0.15, -0.1) is 0 Å². The second-order valence-electron chi connectivity index (χ2n) is 5.82. The van der Waals surface area contributed by atoms with Crippen molar-refractivity contribution in [2.45, 2.75) is 32.6 Å². The number of aliphatic carboxylic acids is 1. The highest BCUT2D eigenvalue weighted by atomic mass is 79.9. The predicted molar refractivity (Wildman–Crippen MR) is 113 cm³/mol. The van der Waals surface area contributed by atoms with E-state index >= 15 is 0 Å². The number of aromatic hydroxyl groups is 1. The Hall–Kier alpha value is -1.58. The van der Waals surface area contributed by atoms with Crippen molar-refractivity contribution in [1.82, 2.24) is 4.90 Å². The first-order valence-corrected chi connectivity index (χ1v) is 10.5. The lowest BCUT2D eigenvalue weighted by Gasteiger charge is -2.13. The number of phenols is 1. The number of carbonyl (C=O) groups excluding carboxylic acids is 1. The molecule has 0 aromatic heterocycles. The number of hydrogen-bond acceptors (Lipinski definition) is 6. The number of ether oxygens (including phenoxy) is 1. The molecule has 2 rings (SSSR count). The second kappa shape index (κ2) is 10.1. The third-order valence-corrected chi connectivity index (χ3v) is 5.78. The fraction of sp³-hybridized carbons (Fsp3) is 0.389. The van der Waals surface area contributed by atoms with Gasteiger partial charge in [-0.25, -0.2) is 0 Å². The molecule has 2 N–H and O–H groups in total. The maximum absolute atomic E-state index is 12.6. The van der Waals surface area contributed by atoms with Gasteiger partial charge in [0.25, 0.3) is 5.91 Å². The van der Waals surface area contributed by atoms with E-state index in [0.29, 0.717) is 51.0 Å². The fourth-order valence-electron chi connectivity index (χ4n) is 2.51. The number of nitrogens with zero attached hydrogens (tertiary/aromatic N) is 1. The molecule has 0 saturated carbocycles. The molecule has 146 valence electrons. The summed E-state index contributed by atoms with van der Waals surface area (Å²) in [6, 6.07) is 3.37. The highest BCUT2D eigenvalue weighted by molar-refractivity contribution is 9.10. The quantitative estimate of drug-likeness (QED) is 0.312. The van der Waals surface area contributed by atoms with Crippen LogP contribution in [0.4, 0.5) is 0 Å². The van der Waals surface area contributed by atoms with Crippen LogP contribution in [0.15, 0.2) is 21.5 Å². The van der Waals surface area contributed by atoms with E-state index in [-0.39, 0.29) is 18.1 Å². The van der Waals surface area contributed by atoms with Crippen molar-refractivity contribution in [1.29, 1.82) is 0 Å². The molecule has 6 nitrogen and oxygen atoms in total. The summed E-state index contributed by atoms with van der Waals surface area (Å²) >= 11 is 9.82. The first kappa shape index (κ1) is 21.7. The van der Waals surface area contributed by atoms with Crippen molar-refractivity contribution in [3.63, 3.8) is 0 Å². The molecule has 1 aromatic carbocycles. The molecule has 0 atom stereocenters. The SMILES string of the molecule is CCOc1cc(C=C2SC(=S)N(CCCCCC(=O)O)C2=O)cc(Br)c1O. The Morgan fingerprint density at radius 2 is 2.11 bits per heavy atom. The first-order chi connectivity index (χ1) is 12.8. The van der Waals surface area contributed by atoms with E-state index < -0.39 is 5.97 Å². The molecular formula is C18H20BrNO5S2. The lowest BCUT2D eigenvalue weighted by Crippen LogP contribution is -2.29. The van der Waals surface area contributed by atoms with E-state index in [0.717, 1.165) is 6.42 Å². The van der Waals surface area contributed by atoms with Crippen LogP contribution in [0.5, 0.6) is 11.5 Å². The van der Waals surface area contributed by atoms with Crippen molar-refractivity contribution in [3.05, 3.63) is 27.1 Å². The topological polar surface area (TPSA) is 87.1 Å². The Labute approximate surface area is 175 Å². The Balaban J connectivity index is 2.06. The average molecular weight is 474 g/mol. The van der Waals surface area contributed by atoms with E-state index in [4.69, 9.17) is 22.1 Å². The Morgan fingerprint density at radius 3 is 2.78 bits per heavy atom. The molecule has 1 aliphatic heterocycles. The number of hydrogen-bond donors (Lipinski definition) is 2. The van der Waals surface area contributed by atoms with Crippen molar-refractivity contribution in [3.8, 4) is 11.5 Å². The largest absolute Gasteiger partial charge is 0.503 e. The van der Waals surface area contributed by atoms with Crippen molar-refractivity contribution < 1.29 is 24.5 Å². The Kier molecular flexibility index (Phi) is 8.12. The van der Waals surface area contributed by atoms with Crippen LogP contribution in [-0.4, -0.2) is 44.5 Å². The molecule has 1 amide bonds. The second-order valence-corrected chi connectivity index (χ2v) is 8.35. The van der Waals surface area contributed by atoms with Gasteiger partial charge >= 0.3 is 5.97 Å². The van der Waals surface area contributed by atoms with Gasteiger partial charge in [0, 0.05) is 13.0 Å². The smallest absolute Gasteiger partial charge is 0.303 e. The number of phenolic OH excluding ortho intramolecular Hbond substituents is 1. The van der Waals surface area contributed by atoms with Gasteiger partial charge in [-0.05, 0) is 59.5 Å². The van der Waals surface area contributed by atoms with Gasteiger partial charge < -0.3 is 14.9 Å². The van der Waals surface area contributed by atoms with E-state index in [1.165, 1.54) is 11.8 Å². The minimum Gasteiger partial charge on any atom is -0.503 e. The summed E-state index contributed by atoms with van der Waals surface area (Å²) in [5.41, 5.74) is 0.713. The van der Waals surface area contributed by atoms with Crippen LogP contribution < -0.4 is 4.74 Å². The predicted octanol–water partition coefficient (Wildman–Crippen LogP) is 4.40. The van der Waals surface area contributed by atoms with Crippen LogP contribution in [0.2, 0.25) is 0 Å². The molecule has 1 fully saturated rings. The zero-order valence-corrected chi connectivity index (χ0v) is 18.0. The molecule has 0 radical (unpaired) electrons. The van der Waals surface area contributed by atoms with E-state index in [9.17, 15) is 14.7 Å². The molecular weight excluding hydrogens is 454 g/mol. The van der Waals surface area contributed by atoms with Gasteiger partial charge in [0.1, 0.15) is 4.32 Å². The number of unbranched alkanes of at least 4 members (excludes halogenated alkanes) is 2. The number of thioether (sulfide) groups is 1. The number of amides is 1. The van der Waals surface area contributed by atoms with Gasteiger partial charge in [-0.3, -0.25) is 14.5 Å². The van der Waals surface area contributed by atoms with Crippen molar-refractivity contribution >= 4 is 62.2 Å². The van der Waals surface area contributed by atoms with Crippen LogP contribution >= 0.6 is 39.9 Å². The lowest BCUT2D eigenvalue weighted by atomic mass is 10.1. The number of rotatable bonds is 9. The molecule has 9 heteroatoms. The van der Waals surface area contributed by atoms with E-state index in [2.05, 4.69) is 15.9 Å². The molecule has 27 heavy (non-hydrogen) atoms. The fourth-order valence-corrected chi connectivity index (χ4v) is 4.28. The molecule has 0 unspecified atom stereocenters. The Bertz CT molecular complexity index is 781. The zero-order valence-electron chi connectivity index (χ0n) is 14.7. The standard InChI is InChI=1S/C18H20BrNO5S2/c1-2-25-13-9-11(8-12(19)16(13)23)10-14-17(24)20(18(26)27-14)7-5-3-4-6-15(21)22/h8-10,23H,2-7H2,1H3,(H,21,22). The summed E-state index contributed by atoms with van der Waals surface area (Å²) in [6.45, 7) is 2.71. The van der Waals surface area contributed by atoms with Gasteiger partial charge in [-0.2, -0.15) is 0 Å². The van der Waals surface area contributed by atoms with E-state index in [1.54, 1.807) is 23.1 Å². The summed E-state index contributed by atoms with van der Waals surface area (Å²) in [5, 5.41) is 18.6. The molecule has 0 aliphatic carbocycles. The number of benzene rings is 1. The summed E-state index contributed by atoms with van der Waals surface area (Å²) in [4.78, 5) is 25.2. The van der Waals surface area contributed by atoms with Crippen LogP contribution in [0.3, 0.4) is 0 Å². The monoisotopic (exact) mass is 473 g/mol. The van der Waals surface area contributed by atoms with Crippen molar-refractivity contribution in [2.24, 2.45) is 0 Å². The van der Waals surface area contributed by atoms with Gasteiger partial charge in [0.15, 0.2) is 11.5 Å². The number of halogens is 1. The number of carboxylic acids is 1. The number of carboxylic acid groups (broad SMARTS) is 1. The third kappa shape index (κ3) is 5.95. The van der Waals surface area contributed by atoms with Crippen LogP contribution in [0.1, 0.15) is 38.2 Å². The maximum atomic E-state index is 12.6. The summed E-state index contributed by atoms with van der Waals surface area (Å²) in [6.07, 6.45) is 3.87. The third-order valence-electron chi connectivity index (χ3n) is 3.79. The summed E-state index contributed by atoms with van der Waals surface area (Å²) in [7, 11) is 0. The van der Waals surface area contributed by atoms with E-state index in [1.807, 2.05) is 6.92 Å². The zero-order chi connectivity index (χ0) is 20.0. The molecule has 0 spiro atoms. The van der Waals surface area contributed by atoms with Crippen LogP contribution in [0, 0.1) is 0 Å². The summed E-state index contributed by atoms with van der Waals surface area (Å²) < 4.78 is 6.38. The molecule has 1 heterocycles.